The van der Waals surface area contributed by atoms with Crippen molar-refractivity contribution in [2.24, 2.45) is 0 Å². The Morgan fingerprint density at radius 1 is 1.24 bits per heavy atom. The summed E-state index contributed by atoms with van der Waals surface area (Å²) in [6.45, 7) is 0. The third-order valence-electron chi connectivity index (χ3n) is 2.68. The predicted molar refractivity (Wildman–Crippen MR) is 74.9 cm³/mol. The predicted octanol–water partition coefficient (Wildman–Crippen LogP) is 3.32. The van der Waals surface area contributed by atoms with Crippen LogP contribution in [0.15, 0.2) is 30.3 Å². The first-order valence-electron chi connectivity index (χ1n) is 5.68. The van der Waals surface area contributed by atoms with E-state index in [0.29, 0.717) is 6.07 Å². The maximum atomic E-state index is 13.2. The van der Waals surface area contributed by atoms with Crippen LogP contribution < -0.4 is 11.1 Å². The number of nitriles is 1. The van der Waals surface area contributed by atoms with E-state index in [9.17, 15) is 13.6 Å². The Bertz CT molecular complexity index is 772. The Morgan fingerprint density at radius 3 is 2.57 bits per heavy atom. The van der Waals surface area contributed by atoms with E-state index >= 15 is 0 Å². The number of nitrogens with zero attached hydrogens (tertiary/aromatic N) is 1. The molecule has 0 bridgehead atoms. The molecule has 0 aliphatic heterocycles. The molecule has 0 aliphatic carbocycles. The van der Waals surface area contributed by atoms with Gasteiger partial charge in [0.15, 0.2) is 11.6 Å². The molecule has 21 heavy (non-hydrogen) atoms. The maximum absolute atomic E-state index is 13.2. The highest BCUT2D eigenvalue weighted by Gasteiger charge is 2.15. The first-order chi connectivity index (χ1) is 9.92. The molecule has 0 fully saturated rings. The van der Waals surface area contributed by atoms with Crippen LogP contribution in [-0.4, -0.2) is 5.91 Å². The molecule has 7 heteroatoms. The average Bonchev–Trinajstić information content (AvgIpc) is 2.45. The second-order valence-corrected chi connectivity index (χ2v) is 4.52. The topological polar surface area (TPSA) is 78.9 Å². The molecule has 0 spiro atoms. The average molecular weight is 308 g/mol. The van der Waals surface area contributed by atoms with Crippen molar-refractivity contribution in [1.29, 1.82) is 5.26 Å². The summed E-state index contributed by atoms with van der Waals surface area (Å²) in [5.41, 5.74) is 5.50. The van der Waals surface area contributed by atoms with E-state index in [1.54, 1.807) is 0 Å². The lowest BCUT2D eigenvalue weighted by atomic mass is 10.1. The molecule has 0 aromatic heterocycles. The van der Waals surface area contributed by atoms with Gasteiger partial charge < -0.3 is 11.1 Å². The van der Waals surface area contributed by atoms with Gasteiger partial charge in [-0.3, -0.25) is 4.79 Å². The number of carbonyl (C=O) groups excluding carboxylic acids is 1. The van der Waals surface area contributed by atoms with E-state index in [-0.39, 0.29) is 27.5 Å². The summed E-state index contributed by atoms with van der Waals surface area (Å²) in [5.74, 6) is -3.09. The van der Waals surface area contributed by atoms with E-state index in [2.05, 4.69) is 5.32 Å². The Balaban J connectivity index is 2.35. The number of amides is 1. The Labute approximate surface area is 123 Å². The van der Waals surface area contributed by atoms with Crippen LogP contribution in [0.2, 0.25) is 5.02 Å². The van der Waals surface area contributed by atoms with Crippen molar-refractivity contribution in [1.82, 2.24) is 0 Å². The van der Waals surface area contributed by atoms with Gasteiger partial charge in [-0.05, 0) is 24.3 Å². The van der Waals surface area contributed by atoms with Gasteiger partial charge in [0, 0.05) is 11.8 Å². The fourth-order valence-electron chi connectivity index (χ4n) is 1.64. The van der Waals surface area contributed by atoms with Gasteiger partial charge in [-0.25, -0.2) is 8.78 Å². The third-order valence-corrected chi connectivity index (χ3v) is 3.01. The zero-order chi connectivity index (χ0) is 15.6. The van der Waals surface area contributed by atoms with Gasteiger partial charge in [0.1, 0.15) is 0 Å². The standard InChI is InChI=1S/C14H8ClF2N3O/c15-9-2-1-7(6-18)3-13(9)20-14(21)8-4-10(16)11(17)5-12(8)19/h1-5H,19H2,(H,20,21). The van der Waals surface area contributed by atoms with Crippen LogP contribution in [0.5, 0.6) is 0 Å². The number of rotatable bonds is 2. The van der Waals surface area contributed by atoms with Crippen LogP contribution in [0.1, 0.15) is 15.9 Å². The summed E-state index contributed by atoms with van der Waals surface area (Å²) in [7, 11) is 0. The van der Waals surface area contributed by atoms with E-state index in [0.717, 1.165) is 6.07 Å². The van der Waals surface area contributed by atoms with E-state index in [1.807, 2.05) is 6.07 Å². The molecule has 2 aromatic carbocycles. The number of hydrogen-bond acceptors (Lipinski definition) is 3. The van der Waals surface area contributed by atoms with Crippen molar-refractivity contribution < 1.29 is 13.6 Å². The highest BCUT2D eigenvalue weighted by Crippen LogP contribution is 2.25. The number of hydrogen-bond donors (Lipinski definition) is 2. The second kappa shape index (κ2) is 5.77. The molecule has 0 radical (unpaired) electrons. The fourth-order valence-corrected chi connectivity index (χ4v) is 1.80. The number of benzene rings is 2. The third kappa shape index (κ3) is 3.09. The first kappa shape index (κ1) is 14.8. The minimum absolute atomic E-state index is 0.171. The molecule has 2 aromatic rings. The molecule has 0 unspecified atom stereocenters. The molecular formula is C14H8ClF2N3O. The molecule has 0 saturated carbocycles. The van der Waals surface area contributed by atoms with E-state index in [4.69, 9.17) is 22.6 Å². The van der Waals surface area contributed by atoms with Crippen molar-refractivity contribution >= 4 is 28.9 Å². The van der Waals surface area contributed by atoms with Crippen LogP contribution in [0.4, 0.5) is 20.2 Å². The summed E-state index contributed by atoms with van der Waals surface area (Å²) in [5, 5.41) is 11.4. The number of nitrogens with one attached hydrogen (secondary N) is 1. The molecular weight excluding hydrogens is 300 g/mol. The normalized spacial score (nSPS) is 10.0. The lowest BCUT2D eigenvalue weighted by Crippen LogP contribution is -2.15. The minimum Gasteiger partial charge on any atom is -0.398 e. The Kier molecular flexibility index (Phi) is 4.05. The number of nitrogens with two attached hydrogens (primary N) is 1. The molecule has 0 aliphatic rings. The number of anilines is 2. The highest BCUT2D eigenvalue weighted by atomic mass is 35.5. The van der Waals surface area contributed by atoms with Crippen LogP contribution >= 0.6 is 11.6 Å². The summed E-state index contributed by atoms with van der Waals surface area (Å²) in [4.78, 5) is 12.0. The molecule has 4 nitrogen and oxygen atoms in total. The van der Waals surface area contributed by atoms with Crippen LogP contribution in [0, 0.1) is 23.0 Å². The van der Waals surface area contributed by atoms with E-state index in [1.165, 1.54) is 18.2 Å². The second-order valence-electron chi connectivity index (χ2n) is 4.11. The smallest absolute Gasteiger partial charge is 0.257 e. The number of halogens is 3. The molecule has 0 saturated heterocycles. The Morgan fingerprint density at radius 2 is 1.90 bits per heavy atom. The van der Waals surface area contributed by atoms with Gasteiger partial charge in [0.05, 0.1) is 27.9 Å². The molecule has 0 heterocycles. The fraction of sp³-hybridized carbons (Fsp3) is 0. The lowest BCUT2D eigenvalue weighted by Gasteiger charge is -2.09. The molecule has 106 valence electrons. The van der Waals surface area contributed by atoms with Crippen molar-refractivity contribution in [2.45, 2.75) is 0 Å². The first-order valence-corrected chi connectivity index (χ1v) is 6.05. The van der Waals surface area contributed by atoms with Crippen LogP contribution in [0.25, 0.3) is 0 Å². The summed E-state index contributed by atoms with van der Waals surface area (Å²) < 4.78 is 26.1. The van der Waals surface area contributed by atoms with Gasteiger partial charge in [-0.1, -0.05) is 11.6 Å². The number of carbonyl (C=O) groups is 1. The van der Waals surface area contributed by atoms with Crippen molar-refractivity contribution in [3.8, 4) is 6.07 Å². The largest absolute Gasteiger partial charge is 0.398 e. The van der Waals surface area contributed by atoms with E-state index < -0.39 is 17.5 Å². The van der Waals surface area contributed by atoms with Gasteiger partial charge >= 0.3 is 0 Å². The zero-order valence-corrected chi connectivity index (χ0v) is 11.2. The van der Waals surface area contributed by atoms with Gasteiger partial charge in [0.2, 0.25) is 0 Å². The van der Waals surface area contributed by atoms with Crippen LogP contribution in [0.3, 0.4) is 0 Å². The Hall–Kier alpha value is -2.65. The van der Waals surface area contributed by atoms with Crippen molar-refractivity contribution in [3.05, 3.63) is 58.1 Å². The molecule has 0 atom stereocenters. The summed E-state index contributed by atoms with van der Waals surface area (Å²) >= 11 is 5.89. The highest BCUT2D eigenvalue weighted by molar-refractivity contribution is 6.34. The van der Waals surface area contributed by atoms with Gasteiger partial charge in [-0.15, -0.1) is 0 Å². The number of nitrogen functional groups attached to an aromatic ring is 1. The van der Waals surface area contributed by atoms with Gasteiger partial charge in [-0.2, -0.15) is 5.26 Å². The zero-order valence-electron chi connectivity index (χ0n) is 10.5. The monoisotopic (exact) mass is 307 g/mol. The summed E-state index contributed by atoms with van der Waals surface area (Å²) in [6, 6.07) is 7.58. The van der Waals surface area contributed by atoms with Gasteiger partial charge in [0.25, 0.3) is 5.91 Å². The minimum atomic E-state index is -1.19. The molecule has 1 amide bonds. The SMILES string of the molecule is N#Cc1ccc(Cl)c(NC(=O)c2cc(F)c(F)cc2N)c1. The lowest BCUT2D eigenvalue weighted by molar-refractivity contribution is 0.102. The van der Waals surface area contributed by atoms with Crippen LogP contribution in [-0.2, 0) is 0 Å². The quantitative estimate of drug-likeness (QED) is 0.835. The molecule has 3 N–H and O–H groups in total. The summed E-state index contributed by atoms with van der Waals surface area (Å²) in [6.07, 6.45) is 0. The van der Waals surface area contributed by atoms with Crippen molar-refractivity contribution in [3.63, 3.8) is 0 Å². The van der Waals surface area contributed by atoms with Crippen molar-refractivity contribution in [2.75, 3.05) is 11.1 Å². The molecule has 2 rings (SSSR count). The maximum Gasteiger partial charge on any atom is 0.257 e.